The van der Waals surface area contributed by atoms with Gasteiger partial charge >= 0.3 is 5.97 Å². The number of nitrogens with one attached hydrogen (secondary N) is 2. The molecule has 0 amide bonds. The molecule has 0 aromatic rings. The molecule has 0 saturated carbocycles. The van der Waals surface area contributed by atoms with Crippen molar-refractivity contribution >= 4 is 18.4 Å². The van der Waals surface area contributed by atoms with Crippen LogP contribution in [0.3, 0.4) is 0 Å². The average molecular weight is 125 g/mol. The van der Waals surface area contributed by atoms with E-state index in [4.69, 9.17) is 0 Å². The Kier molecular flexibility index (Phi) is 2.66. The maximum atomic E-state index is 9.90. The lowest BCUT2D eigenvalue weighted by Gasteiger charge is -1.81. The second kappa shape index (κ2) is 2.79. The summed E-state index contributed by atoms with van der Waals surface area (Å²) in [4.78, 5) is 14.0. The molecule has 1 fully saturated rings. The molecule has 0 radical (unpaired) electrons. The highest BCUT2D eigenvalue weighted by molar-refractivity contribution is 5.85. The predicted octanol–water partition coefficient (Wildman–Crippen LogP) is -1.03. The van der Waals surface area contributed by atoms with E-state index in [9.17, 15) is 4.79 Å². The first-order valence-electron chi connectivity index (χ1n) is 1.57. The average Bonchev–Trinajstić information content (AvgIpc) is 1.86. The summed E-state index contributed by atoms with van der Waals surface area (Å²) in [6.45, 7) is 0.264. The van der Waals surface area contributed by atoms with E-state index in [1.807, 2.05) is 0 Å². The van der Waals surface area contributed by atoms with Crippen molar-refractivity contribution in [3.63, 3.8) is 0 Å². The summed E-state index contributed by atoms with van der Waals surface area (Å²) in [7, 11) is 0. The van der Waals surface area contributed by atoms with E-state index < -0.39 is 0 Å². The van der Waals surface area contributed by atoms with Crippen molar-refractivity contribution in [2.45, 2.75) is 0 Å². The van der Waals surface area contributed by atoms with E-state index in [-0.39, 0.29) is 24.9 Å². The van der Waals surface area contributed by atoms with Gasteiger partial charge < -0.3 is 4.84 Å². The first kappa shape index (κ1) is 6.68. The fraction of sp³-hybridized carbons (Fsp3) is 0.500. The second-order valence-corrected chi connectivity index (χ2v) is 0.930. The van der Waals surface area contributed by atoms with Gasteiger partial charge in [-0.2, -0.15) is 0 Å². The van der Waals surface area contributed by atoms with Crippen molar-refractivity contribution < 1.29 is 9.63 Å². The standard InChI is InChI=1S/C2H4N2O2.ClH/c5-2-1-3-4-6-2;/h3-4H,1H2;1H. The Labute approximate surface area is 46.6 Å². The molecule has 1 heterocycles. The molecule has 5 heteroatoms. The number of carbonyl (C=O) groups is 1. The van der Waals surface area contributed by atoms with Crippen molar-refractivity contribution in [2.75, 3.05) is 6.54 Å². The number of hydrazine groups is 1. The fourth-order valence-electron chi connectivity index (χ4n) is 0.237. The third kappa shape index (κ3) is 1.72. The molecular formula is C2H5ClN2O2. The van der Waals surface area contributed by atoms with Crippen molar-refractivity contribution in [2.24, 2.45) is 0 Å². The molecule has 0 unspecified atom stereocenters. The summed E-state index contributed by atoms with van der Waals surface area (Å²) >= 11 is 0. The van der Waals surface area contributed by atoms with Crippen molar-refractivity contribution in [1.29, 1.82) is 0 Å². The lowest BCUT2D eigenvalue weighted by molar-refractivity contribution is -0.142. The van der Waals surface area contributed by atoms with Gasteiger partial charge in [-0.15, -0.1) is 12.4 Å². The van der Waals surface area contributed by atoms with Crippen LogP contribution in [-0.4, -0.2) is 12.5 Å². The van der Waals surface area contributed by atoms with Gasteiger partial charge in [-0.05, 0) is 0 Å². The van der Waals surface area contributed by atoms with Crippen LogP contribution in [-0.2, 0) is 9.63 Å². The molecule has 0 aromatic heterocycles. The molecule has 1 rings (SSSR count). The molecule has 0 bridgehead atoms. The van der Waals surface area contributed by atoms with Gasteiger partial charge in [-0.3, -0.25) is 0 Å². The monoisotopic (exact) mass is 124 g/mol. The normalized spacial score (nSPS) is 18.0. The summed E-state index contributed by atoms with van der Waals surface area (Å²) < 4.78 is 0. The van der Waals surface area contributed by atoms with Gasteiger partial charge in [0.15, 0.2) is 0 Å². The summed E-state index contributed by atoms with van der Waals surface area (Å²) in [5.41, 5.74) is 4.62. The van der Waals surface area contributed by atoms with Crippen molar-refractivity contribution in [3.8, 4) is 0 Å². The Morgan fingerprint density at radius 2 is 2.43 bits per heavy atom. The first-order valence-corrected chi connectivity index (χ1v) is 1.57. The third-order valence-electron chi connectivity index (χ3n) is 0.470. The topological polar surface area (TPSA) is 50.4 Å². The molecule has 0 aromatic carbocycles. The highest BCUT2D eigenvalue weighted by Crippen LogP contribution is 1.72. The van der Waals surface area contributed by atoms with E-state index in [1.165, 1.54) is 0 Å². The van der Waals surface area contributed by atoms with Crippen molar-refractivity contribution in [3.05, 3.63) is 0 Å². The Morgan fingerprint density at radius 3 is 2.57 bits per heavy atom. The molecule has 1 aliphatic heterocycles. The zero-order valence-corrected chi connectivity index (χ0v) is 4.25. The quantitative estimate of drug-likeness (QED) is 0.434. The number of hydrogen-bond acceptors (Lipinski definition) is 4. The minimum absolute atomic E-state index is 0. The van der Waals surface area contributed by atoms with E-state index in [2.05, 4.69) is 15.9 Å². The largest absolute Gasteiger partial charge is 0.354 e. The minimum atomic E-state index is -0.269. The zero-order valence-electron chi connectivity index (χ0n) is 3.43. The summed E-state index contributed by atoms with van der Waals surface area (Å²) in [5.74, 6) is -0.269. The second-order valence-electron chi connectivity index (χ2n) is 0.930. The molecule has 42 valence electrons. The maximum Gasteiger partial charge on any atom is 0.341 e. The minimum Gasteiger partial charge on any atom is -0.354 e. The van der Waals surface area contributed by atoms with E-state index in [1.54, 1.807) is 0 Å². The smallest absolute Gasteiger partial charge is 0.341 e. The fourth-order valence-corrected chi connectivity index (χ4v) is 0.237. The number of hydrogen-bond donors (Lipinski definition) is 2. The number of rotatable bonds is 0. The van der Waals surface area contributed by atoms with Crippen LogP contribution < -0.4 is 11.0 Å². The Hall–Kier alpha value is -0.320. The van der Waals surface area contributed by atoms with Gasteiger partial charge in [0.1, 0.15) is 6.54 Å². The predicted molar refractivity (Wildman–Crippen MR) is 24.5 cm³/mol. The molecule has 7 heavy (non-hydrogen) atoms. The molecule has 1 saturated heterocycles. The summed E-state index contributed by atoms with van der Waals surface area (Å²) in [6, 6.07) is 0. The van der Waals surface area contributed by atoms with E-state index >= 15 is 0 Å². The molecule has 4 nitrogen and oxygen atoms in total. The molecule has 0 atom stereocenters. The van der Waals surface area contributed by atoms with Crippen LogP contribution in [0.1, 0.15) is 0 Å². The molecule has 1 aliphatic rings. The SMILES string of the molecule is Cl.O=C1CNNO1. The summed E-state index contributed by atoms with van der Waals surface area (Å²) in [6.07, 6.45) is 0. The van der Waals surface area contributed by atoms with Crippen LogP contribution in [0.25, 0.3) is 0 Å². The van der Waals surface area contributed by atoms with Gasteiger partial charge in [-0.25, -0.2) is 10.2 Å². The third-order valence-corrected chi connectivity index (χ3v) is 0.470. The Morgan fingerprint density at radius 1 is 1.71 bits per heavy atom. The van der Waals surface area contributed by atoms with E-state index in [0.717, 1.165) is 0 Å². The number of carbonyl (C=O) groups excluding carboxylic acids is 1. The van der Waals surface area contributed by atoms with E-state index in [0.29, 0.717) is 0 Å². The van der Waals surface area contributed by atoms with Crippen LogP contribution in [0, 0.1) is 0 Å². The van der Waals surface area contributed by atoms with Gasteiger partial charge in [0, 0.05) is 0 Å². The number of halogens is 1. The molecule has 0 aliphatic carbocycles. The Bertz CT molecular complexity index is 68.1. The van der Waals surface area contributed by atoms with Gasteiger partial charge in [0.25, 0.3) is 0 Å². The lowest BCUT2D eigenvalue weighted by atomic mass is 10.7. The summed E-state index contributed by atoms with van der Waals surface area (Å²) in [5, 5.41) is 0. The highest BCUT2D eigenvalue weighted by atomic mass is 35.5. The van der Waals surface area contributed by atoms with Crippen LogP contribution in [0.4, 0.5) is 0 Å². The lowest BCUT2D eigenvalue weighted by Crippen LogP contribution is -2.20. The maximum absolute atomic E-state index is 9.90. The zero-order chi connectivity index (χ0) is 4.41. The molecule has 2 N–H and O–H groups in total. The van der Waals surface area contributed by atoms with Gasteiger partial charge in [0.2, 0.25) is 0 Å². The van der Waals surface area contributed by atoms with Crippen LogP contribution in [0.5, 0.6) is 0 Å². The Balaban J connectivity index is 0.000000360. The van der Waals surface area contributed by atoms with Crippen LogP contribution in [0.2, 0.25) is 0 Å². The molecular weight excluding hydrogens is 119 g/mol. The van der Waals surface area contributed by atoms with Crippen LogP contribution in [0.15, 0.2) is 0 Å². The van der Waals surface area contributed by atoms with Gasteiger partial charge in [-0.1, -0.05) is 5.59 Å². The molecule has 0 spiro atoms. The first-order chi connectivity index (χ1) is 2.89. The van der Waals surface area contributed by atoms with Crippen LogP contribution >= 0.6 is 12.4 Å². The van der Waals surface area contributed by atoms with Crippen molar-refractivity contribution in [1.82, 2.24) is 11.0 Å². The van der Waals surface area contributed by atoms with Gasteiger partial charge in [0.05, 0.1) is 0 Å². The highest BCUT2D eigenvalue weighted by Gasteiger charge is 2.06.